The van der Waals surface area contributed by atoms with Crippen LogP contribution in [0.2, 0.25) is 0 Å². The van der Waals surface area contributed by atoms with E-state index in [1.807, 2.05) is 0 Å². The Hall–Kier alpha value is -0.550. The van der Waals surface area contributed by atoms with Crippen molar-refractivity contribution in [2.24, 2.45) is 5.14 Å². The van der Waals surface area contributed by atoms with Crippen molar-refractivity contribution >= 4 is 38.3 Å². The number of sulfonamides is 1. The van der Waals surface area contributed by atoms with Gasteiger partial charge in [-0.15, -0.1) is 0 Å². The number of hydrogen-bond acceptors (Lipinski definition) is 4. The van der Waals surface area contributed by atoms with Gasteiger partial charge in [-0.25, -0.2) is 27.3 Å². The normalized spacial score (nSPS) is 12.1. The molecule has 1 aromatic heterocycles. The number of hydrogen-bond donors (Lipinski definition) is 2. The molecule has 84 valence electrons. The second-order valence-corrected chi connectivity index (χ2v) is 5.26. The number of halogens is 3. The summed E-state index contributed by atoms with van der Waals surface area (Å²) >= 11 is 1.63. The number of pyridine rings is 1. The number of alkyl halides is 2. The van der Waals surface area contributed by atoms with E-state index < -0.39 is 27.2 Å². The number of primary sulfonamides is 1. The molecular weight excluding hydrogens is 343 g/mol. The van der Waals surface area contributed by atoms with Crippen molar-refractivity contribution in [1.29, 1.82) is 0 Å². The first-order chi connectivity index (χ1) is 6.73. The predicted molar refractivity (Wildman–Crippen MR) is 57.7 cm³/mol. The van der Waals surface area contributed by atoms with Crippen molar-refractivity contribution in [3.05, 3.63) is 15.3 Å². The third kappa shape index (κ3) is 2.72. The molecule has 0 saturated carbocycles. The van der Waals surface area contributed by atoms with E-state index in [0.717, 1.165) is 6.07 Å². The fourth-order valence-corrected chi connectivity index (χ4v) is 2.12. The first kappa shape index (κ1) is 12.5. The molecule has 0 bridgehead atoms. The molecule has 0 fully saturated rings. The maximum Gasteiger partial charge on any atom is 0.282 e. The fourth-order valence-electron chi connectivity index (χ4n) is 0.832. The number of rotatable bonds is 2. The first-order valence-corrected chi connectivity index (χ1v) is 6.13. The van der Waals surface area contributed by atoms with Gasteiger partial charge in [0.05, 0.1) is 5.69 Å². The maximum atomic E-state index is 12.4. The average Bonchev–Trinajstić information content (AvgIpc) is 2.06. The summed E-state index contributed by atoms with van der Waals surface area (Å²) in [5.74, 6) is 0. The molecule has 1 rings (SSSR count). The molecule has 0 radical (unpaired) electrons. The van der Waals surface area contributed by atoms with Crippen LogP contribution in [-0.4, -0.2) is 13.4 Å². The highest BCUT2D eigenvalue weighted by atomic mass is 127. The molecule has 15 heavy (non-hydrogen) atoms. The summed E-state index contributed by atoms with van der Waals surface area (Å²) in [6.45, 7) is 0. The van der Waals surface area contributed by atoms with Gasteiger partial charge in [0.1, 0.15) is 5.69 Å². The molecule has 1 heterocycles. The Balaban J connectivity index is 3.50. The quantitative estimate of drug-likeness (QED) is 0.774. The molecular formula is C6H6F2IN3O2S. The number of nitrogens with two attached hydrogens (primary N) is 2. The van der Waals surface area contributed by atoms with E-state index >= 15 is 0 Å². The molecule has 5 nitrogen and oxygen atoms in total. The van der Waals surface area contributed by atoms with E-state index in [2.05, 4.69) is 4.98 Å². The lowest BCUT2D eigenvalue weighted by Crippen LogP contribution is -2.16. The molecule has 1 aromatic rings. The molecule has 0 aliphatic heterocycles. The van der Waals surface area contributed by atoms with E-state index in [1.165, 1.54) is 0 Å². The minimum Gasteiger partial charge on any atom is -0.396 e. The zero-order valence-corrected chi connectivity index (χ0v) is 10.1. The molecule has 0 aliphatic rings. The van der Waals surface area contributed by atoms with Gasteiger partial charge in [-0.3, -0.25) is 0 Å². The van der Waals surface area contributed by atoms with Crippen LogP contribution in [0.4, 0.5) is 14.5 Å². The number of nitrogens with zero attached hydrogens (tertiary/aromatic N) is 1. The zero-order valence-electron chi connectivity index (χ0n) is 7.12. The van der Waals surface area contributed by atoms with Crippen LogP contribution in [0, 0.1) is 3.57 Å². The highest BCUT2D eigenvalue weighted by molar-refractivity contribution is 14.1. The van der Waals surface area contributed by atoms with Crippen molar-refractivity contribution in [3.63, 3.8) is 0 Å². The topological polar surface area (TPSA) is 99.1 Å². The smallest absolute Gasteiger partial charge is 0.282 e. The van der Waals surface area contributed by atoms with Crippen LogP contribution >= 0.6 is 22.6 Å². The maximum absolute atomic E-state index is 12.4. The highest BCUT2D eigenvalue weighted by Crippen LogP contribution is 2.28. The van der Waals surface area contributed by atoms with Crippen LogP contribution in [0.5, 0.6) is 0 Å². The van der Waals surface area contributed by atoms with E-state index in [1.54, 1.807) is 22.6 Å². The zero-order chi connectivity index (χ0) is 11.8. The minimum absolute atomic E-state index is 0.168. The van der Waals surface area contributed by atoms with Crippen molar-refractivity contribution < 1.29 is 17.2 Å². The second kappa shape index (κ2) is 4.14. The Labute approximate surface area is 98.0 Å². The van der Waals surface area contributed by atoms with Gasteiger partial charge in [-0.1, -0.05) is 0 Å². The Bertz CT molecular complexity index is 491. The van der Waals surface area contributed by atoms with Gasteiger partial charge in [-0.2, -0.15) is 0 Å². The lowest BCUT2D eigenvalue weighted by molar-refractivity contribution is 0.146. The Morgan fingerprint density at radius 3 is 2.40 bits per heavy atom. The van der Waals surface area contributed by atoms with E-state index in [4.69, 9.17) is 10.9 Å². The van der Waals surface area contributed by atoms with E-state index in [-0.39, 0.29) is 9.26 Å². The van der Waals surface area contributed by atoms with E-state index in [9.17, 15) is 17.2 Å². The average molecular weight is 349 g/mol. The van der Waals surface area contributed by atoms with Gasteiger partial charge >= 0.3 is 0 Å². The van der Waals surface area contributed by atoms with Crippen LogP contribution in [0.25, 0.3) is 0 Å². The summed E-state index contributed by atoms with van der Waals surface area (Å²) in [6.07, 6.45) is -2.94. The van der Waals surface area contributed by atoms with Gasteiger partial charge in [0.15, 0.2) is 5.03 Å². The summed E-state index contributed by atoms with van der Waals surface area (Å²) < 4.78 is 46.8. The second-order valence-electron chi connectivity index (χ2n) is 2.59. The molecule has 0 saturated heterocycles. The Kier molecular flexibility index (Phi) is 3.45. The SMILES string of the molecule is Nc1c(I)cc(S(N)(=O)=O)nc1C(F)F. The lowest BCUT2D eigenvalue weighted by atomic mass is 10.3. The Morgan fingerprint density at radius 2 is 2.00 bits per heavy atom. The molecule has 4 N–H and O–H groups in total. The van der Waals surface area contributed by atoms with Gasteiger partial charge < -0.3 is 5.73 Å². The summed E-state index contributed by atoms with van der Waals surface area (Å²) in [6, 6.07) is 1.04. The summed E-state index contributed by atoms with van der Waals surface area (Å²) in [4.78, 5) is 3.21. The van der Waals surface area contributed by atoms with Crippen LogP contribution in [0.3, 0.4) is 0 Å². The molecule has 0 amide bonds. The largest absolute Gasteiger partial charge is 0.396 e. The van der Waals surface area contributed by atoms with Gasteiger partial charge in [0.25, 0.3) is 16.4 Å². The molecule has 0 aromatic carbocycles. The molecule has 0 atom stereocenters. The molecule has 0 aliphatic carbocycles. The molecule has 9 heteroatoms. The predicted octanol–water partition coefficient (Wildman–Crippen LogP) is 0.853. The van der Waals surface area contributed by atoms with Crippen LogP contribution in [0.1, 0.15) is 12.1 Å². The summed E-state index contributed by atoms with van der Waals surface area (Å²) in [7, 11) is -4.10. The molecule has 0 unspecified atom stereocenters. The fraction of sp³-hybridized carbons (Fsp3) is 0.167. The number of anilines is 1. The van der Waals surface area contributed by atoms with Gasteiger partial charge in [-0.05, 0) is 28.7 Å². The minimum atomic E-state index is -4.10. The number of aromatic nitrogens is 1. The summed E-state index contributed by atoms with van der Waals surface area (Å²) in [5.41, 5.74) is 4.30. The van der Waals surface area contributed by atoms with Crippen LogP contribution < -0.4 is 10.9 Å². The van der Waals surface area contributed by atoms with Gasteiger partial charge in [0, 0.05) is 3.57 Å². The van der Waals surface area contributed by atoms with Crippen molar-refractivity contribution in [2.75, 3.05) is 5.73 Å². The Morgan fingerprint density at radius 1 is 1.47 bits per heavy atom. The summed E-state index contributed by atoms with van der Waals surface area (Å²) in [5, 5.41) is 4.15. The number of nitrogen functional groups attached to an aromatic ring is 1. The van der Waals surface area contributed by atoms with Crippen LogP contribution in [-0.2, 0) is 10.0 Å². The highest BCUT2D eigenvalue weighted by Gasteiger charge is 2.20. The third-order valence-corrected chi connectivity index (χ3v) is 3.20. The standard InChI is InChI=1S/C6H6F2IN3O2S/c7-6(8)5-4(10)2(9)1-3(12-5)15(11,13)14/h1,6H,10H2,(H2,11,13,14). The lowest BCUT2D eigenvalue weighted by Gasteiger charge is -2.07. The van der Waals surface area contributed by atoms with Crippen LogP contribution in [0.15, 0.2) is 11.1 Å². The van der Waals surface area contributed by atoms with Crippen molar-refractivity contribution in [3.8, 4) is 0 Å². The van der Waals surface area contributed by atoms with Gasteiger partial charge in [0.2, 0.25) is 0 Å². The van der Waals surface area contributed by atoms with Crippen molar-refractivity contribution in [1.82, 2.24) is 4.98 Å². The van der Waals surface area contributed by atoms with E-state index in [0.29, 0.717) is 0 Å². The molecule has 0 spiro atoms. The first-order valence-electron chi connectivity index (χ1n) is 3.50. The monoisotopic (exact) mass is 349 g/mol. The van der Waals surface area contributed by atoms with Crippen molar-refractivity contribution in [2.45, 2.75) is 11.5 Å². The third-order valence-electron chi connectivity index (χ3n) is 1.51.